The van der Waals surface area contributed by atoms with Gasteiger partial charge in [0.2, 0.25) is 5.89 Å². The smallest absolute Gasteiger partial charge is 0.243 e. The number of aromatic nitrogens is 2. The molecule has 2 rings (SSSR count). The standard InChI is InChI=1S/C9H15N3O3/c1-2-14-5-8-11-9(15-12-8)7-3-6(13)4-10-7/h6-7,10,13H,2-5H2,1H3/t6-,7+/m1/s1. The van der Waals surface area contributed by atoms with Crippen LogP contribution in [0.2, 0.25) is 0 Å². The molecule has 0 radical (unpaired) electrons. The largest absolute Gasteiger partial charge is 0.392 e. The summed E-state index contributed by atoms with van der Waals surface area (Å²) >= 11 is 0. The molecule has 6 nitrogen and oxygen atoms in total. The van der Waals surface area contributed by atoms with Crippen molar-refractivity contribution in [3.8, 4) is 0 Å². The Morgan fingerprint density at radius 3 is 3.20 bits per heavy atom. The molecule has 6 heteroatoms. The van der Waals surface area contributed by atoms with Gasteiger partial charge in [0.25, 0.3) is 0 Å². The Morgan fingerprint density at radius 2 is 2.53 bits per heavy atom. The summed E-state index contributed by atoms with van der Waals surface area (Å²) in [5.74, 6) is 1.08. The van der Waals surface area contributed by atoms with E-state index in [2.05, 4.69) is 15.5 Å². The minimum absolute atomic E-state index is 0.0251. The number of nitrogens with zero attached hydrogens (tertiary/aromatic N) is 2. The van der Waals surface area contributed by atoms with Gasteiger partial charge in [-0.15, -0.1) is 0 Å². The quantitative estimate of drug-likeness (QED) is 0.733. The number of β-amino-alcohol motifs (C(OH)–C–C–N with tert-alkyl or cyclic N) is 1. The molecule has 84 valence electrons. The molecule has 15 heavy (non-hydrogen) atoms. The van der Waals surface area contributed by atoms with Crippen molar-refractivity contribution in [2.24, 2.45) is 0 Å². The number of ether oxygens (including phenoxy) is 1. The molecular formula is C9H15N3O3. The van der Waals surface area contributed by atoms with Gasteiger partial charge in [0.1, 0.15) is 6.61 Å². The normalized spacial score (nSPS) is 26.0. The van der Waals surface area contributed by atoms with E-state index in [9.17, 15) is 5.11 Å². The first-order valence-corrected chi connectivity index (χ1v) is 5.11. The van der Waals surface area contributed by atoms with Gasteiger partial charge in [0.05, 0.1) is 12.1 Å². The zero-order valence-electron chi connectivity index (χ0n) is 8.64. The molecule has 2 heterocycles. The molecule has 0 aliphatic carbocycles. The summed E-state index contributed by atoms with van der Waals surface area (Å²) in [6.45, 7) is 3.49. The fraction of sp³-hybridized carbons (Fsp3) is 0.778. The molecule has 2 N–H and O–H groups in total. The lowest BCUT2D eigenvalue weighted by atomic mass is 10.2. The lowest BCUT2D eigenvalue weighted by Gasteiger charge is -2.01. The molecule has 1 saturated heterocycles. The van der Waals surface area contributed by atoms with E-state index in [1.54, 1.807) is 0 Å². The number of aliphatic hydroxyl groups is 1. The second-order valence-electron chi connectivity index (χ2n) is 3.54. The van der Waals surface area contributed by atoms with E-state index >= 15 is 0 Å². The first-order chi connectivity index (χ1) is 7.29. The molecule has 1 aliphatic rings. The summed E-state index contributed by atoms with van der Waals surface area (Å²) in [6, 6.07) is -0.0251. The monoisotopic (exact) mass is 213 g/mol. The highest BCUT2D eigenvalue weighted by atomic mass is 16.5. The first-order valence-electron chi connectivity index (χ1n) is 5.11. The van der Waals surface area contributed by atoms with E-state index < -0.39 is 0 Å². The van der Waals surface area contributed by atoms with Crippen LogP contribution in [0.4, 0.5) is 0 Å². The SMILES string of the molecule is CCOCc1noc([C@@H]2C[C@@H](O)CN2)n1. The molecule has 0 aromatic carbocycles. The van der Waals surface area contributed by atoms with Gasteiger partial charge in [-0.1, -0.05) is 5.16 Å². The zero-order chi connectivity index (χ0) is 10.7. The van der Waals surface area contributed by atoms with Gasteiger partial charge in [0, 0.05) is 13.2 Å². The van der Waals surface area contributed by atoms with Crippen LogP contribution in [0.3, 0.4) is 0 Å². The van der Waals surface area contributed by atoms with Crippen LogP contribution in [0.5, 0.6) is 0 Å². The third kappa shape index (κ3) is 2.53. The van der Waals surface area contributed by atoms with Crippen LogP contribution in [0.25, 0.3) is 0 Å². The highest BCUT2D eigenvalue weighted by Gasteiger charge is 2.27. The number of rotatable bonds is 4. The number of hydrogen-bond donors (Lipinski definition) is 2. The fourth-order valence-electron chi connectivity index (χ4n) is 1.57. The van der Waals surface area contributed by atoms with Crippen LogP contribution < -0.4 is 5.32 Å². The summed E-state index contributed by atoms with van der Waals surface area (Å²) in [5.41, 5.74) is 0. The predicted octanol–water partition coefficient (Wildman–Crippen LogP) is 0.00140. The van der Waals surface area contributed by atoms with Gasteiger partial charge in [-0.3, -0.25) is 0 Å². The Kier molecular flexibility index (Phi) is 3.30. The van der Waals surface area contributed by atoms with Crippen LogP contribution in [0.15, 0.2) is 4.52 Å². The summed E-state index contributed by atoms with van der Waals surface area (Å²) in [5, 5.41) is 16.2. The minimum atomic E-state index is -0.322. The van der Waals surface area contributed by atoms with Crippen molar-refractivity contribution in [2.75, 3.05) is 13.2 Å². The molecule has 1 fully saturated rings. The average Bonchev–Trinajstić information content (AvgIpc) is 2.83. The Balaban J connectivity index is 1.94. The molecule has 0 saturated carbocycles. The van der Waals surface area contributed by atoms with Gasteiger partial charge in [-0.2, -0.15) is 4.98 Å². The van der Waals surface area contributed by atoms with Crippen LogP contribution in [0, 0.1) is 0 Å². The molecule has 2 atom stereocenters. The topological polar surface area (TPSA) is 80.4 Å². The lowest BCUT2D eigenvalue weighted by Crippen LogP contribution is -2.15. The molecule has 0 unspecified atom stereocenters. The Hall–Kier alpha value is -0.980. The van der Waals surface area contributed by atoms with E-state index in [4.69, 9.17) is 9.26 Å². The van der Waals surface area contributed by atoms with Gasteiger partial charge in [-0.05, 0) is 13.3 Å². The zero-order valence-corrected chi connectivity index (χ0v) is 8.64. The van der Waals surface area contributed by atoms with Crippen molar-refractivity contribution in [1.82, 2.24) is 15.5 Å². The predicted molar refractivity (Wildman–Crippen MR) is 51.0 cm³/mol. The summed E-state index contributed by atoms with van der Waals surface area (Å²) in [4.78, 5) is 4.19. The third-order valence-corrected chi connectivity index (χ3v) is 2.32. The van der Waals surface area contributed by atoms with E-state index in [0.29, 0.717) is 37.9 Å². The van der Waals surface area contributed by atoms with Crippen molar-refractivity contribution in [1.29, 1.82) is 0 Å². The molecule has 1 aromatic heterocycles. The molecule has 1 aliphatic heterocycles. The molecule has 1 aromatic rings. The van der Waals surface area contributed by atoms with E-state index in [1.807, 2.05) is 6.92 Å². The number of aliphatic hydroxyl groups excluding tert-OH is 1. The Morgan fingerprint density at radius 1 is 1.67 bits per heavy atom. The van der Waals surface area contributed by atoms with Gasteiger partial charge >= 0.3 is 0 Å². The van der Waals surface area contributed by atoms with E-state index in [-0.39, 0.29) is 12.1 Å². The van der Waals surface area contributed by atoms with Crippen LogP contribution in [-0.2, 0) is 11.3 Å². The van der Waals surface area contributed by atoms with Crippen LogP contribution >= 0.6 is 0 Å². The van der Waals surface area contributed by atoms with Crippen molar-refractivity contribution in [2.45, 2.75) is 32.1 Å². The molecule has 0 spiro atoms. The Labute approximate surface area is 87.6 Å². The van der Waals surface area contributed by atoms with E-state index in [1.165, 1.54) is 0 Å². The highest BCUT2D eigenvalue weighted by molar-refractivity contribution is 4.96. The number of hydrogen-bond acceptors (Lipinski definition) is 6. The van der Waals surface area contributed by atoms with Gasteiger partial charge in [0.15, 0.2) is 5.82 Å². The summed E-state index contributed by atoms with van der Waals surface area (Å²) < 4.78 is 10.2. The van der Waals surface area contributed by atoms with Gasteiger partial charge < -0.3 is 19.7 Å². The summed E-state index contributed by atoms with van der Waals surface area (Å²) in [6.07, 6.45) is 0.299. The molecular weight excluding hydrogens is 198 g/mol. The molecule has 0 amide bonds. The number of nitrogens with one attached hydrogen (secondary N) is 1. The van der Waals surface area contributed by atoms with Gasteiger partial charge in [-0.25, -0.2) is 0 Å². The second-order valence-corrected chi connectivity index (χ2v) is 3.54. The average molecular weight is 213 g/mol. The first kappa shape index (κ1) is 10.5. The lowest BCUT2D eigenvalue weighted by molar-refractivity contribution is 0.126. The van der Waals surface area contributed by atoms with Crippen molar-refractivity contribution in [3.05, 3.63) is 11.7 Å². The summed E-state index contributed by atoms with van der Waals surface area (Å²) in [7, 11) is 0. The second kappa shape index (κ2) is 4.69. The Bertz CT molecular complexity index is 315. The maximum atomic E-state index is 9.33. The van der Waals surface area contributed by atoms with Crippen molar-refractivity contribution < 1.29 is 14.4 Å². The van der Waals surface area contributed by atoms with Crippen molar-refractivity contribution >= 4 is 0 Å². The van der Waals surface area contributed by atoms with Crippen LogP contribution in [-0.4, -0.2) is 34.5 Å². The van der Waals surface area contributed by atoms with Crippen LogP contribution in [0.1, 0.15) is 31.1 Å². The van der Waals surface area contributed by atoms with Crippen molar-refractivity contribution in [3.63, 3.8) is 0 Å². The maximum Gasteiger partial charge on any atom is 0.243 e. The third-order valence-electron chi connectivity index (χ3n) is 2.32. The highest BCUT2D eigenvalue weighted by Crippen LogP contribution is 2.21. The maximum absolute atomic E-state index is 9.33. The van der Waals surface area contributed by atoms with E-state index in [0.717, 1.165) is 0 Å². The molecule has 0 bridgehead atoms. The minimum Gasteiger partial charge on any atom is -0.392 e. The fourth-order valence-corrected chi connectivity index (χ4v) is 1.57.